The zero-order chi connectivity index (χ0) is 18.5. The van der Waals surface area contributed by atoms with E-state index in [0.717, 1.165) is 24.4 Å². The van der Waals surface area contributed by atoms with Gasteiger partial charge in [0, 0.05) is 36.3 Å². The van der Waals surface area contributed by atoms with Gasteiger partial charge in [-0.15, -0.1) is 0 Å². The second-order valence-corrected chi connectivity index (χ2v) is 6.66. The van der Waals surface area contributed by atoms with Crippen molar-refractivity contribution in [2.45, 2.75) is 12.8 Å². The minimum absolute atomic E-state index is 0.0796. The third kappa shape index (κ3) is 4.35. The summed E-state index contributed by atoms with van der Waals surface area (Å²) < 4.78 is 5.62. The van der Waals surface area contributed by atoms with Crippen LogP contribution in [0.1, 0.15) is 23.2 Å². The molecule has 1 aliphatic rings. The van der Waals surface area contributed by atoms with E-state index < -0.39 is 0 Å². The SMILES string of the molecule is CN(CCOc1ccc(Cl)cc1)C(=O)c1ccc(N2CCCC2=O)cc1. The van der Waals surface area contributed by atoms with Gasteiger partial charge in [-0.1, -0.05) is 11.6 Å². The van der Waals surface area contributed by atoms with Crippen molar-refractivity contribution < 1.29 is 14.3 Å². The van der Waals surface area contributed by atoms with Gasteiger partial charge in [-0.3, -0.25) is 9.59 Å². The molecule has 26 heavy (non-hydrogen) atoms. The smallest absolute Gasteiger partial charge is 0.253 e. The first-order valence-corrected chi connectivity index (χ1v) is 8.96. The highest BCUT2D eigenvalue weighted by Gasteiger charge is 2.22. The zero-order valence-electron chi connectivity index (χ0n) is 14.7. The first kappa shape index (κ1) is 18.3. The van der Waals surface area contributed by atoms with Crippen LogP contribution in [-0.4, -0.2) is 43.5 Å². The van der Waals surface area contributed by atoms with Gasteiger partial charge in [-0.05, 0) is 55.0 Å². The Morgan fingerprint density at radius 3 is 2.46 bits per heavy atom. The Labute approximate surface area is 158 Å². The summed E-state index contributed by atoms with van der Waals surface area (Å²) in [7, 11) is 1.74. The molecule has 5 nitrogen and oxygen atoms in total. The minimum Gasteiger partial charge on any atom is -0.492 e. The number of anilines is 1. The number of rotatable bonds is 6. The van der Waals surface area contributed by atoms with Crippen LogP contribution < -0.4 is 9.64 Å². The van der Waals surface area contributed by atoms with E-state index in [9.17, 15) is 9.59 Å². The summed E-state index contributed by atoms with van der Waals surface area (Å²) in [5, 5.41) is 0.656. The molecule has 1 saturated heterocycles. The molecule has 0 N–H and O–H groups in total. The topological polar surface area (TPSA) is 49.9 Å². The molecular formula is C20H21ClN2O3. The lowest BCUT2D eigenvalue weighted by Crippen LogP contribution is -2.31. The predicted molar refractivity (Wildman–Crippen MR) is 102 cm³/mol. The number of carbonyl (C=O) groups is 2. The molecule has 2 aromatic rings. The van der Waals surface area contributed by atoms with Crippen LogP contribution in [0, 0.1) is 0 Å². The highest BCUT2D eigenvalue weighted by molar-refractivity contribution is 6.30. The number of benzene rings is 2. The minimum atomic E-state index is -0.0796. The Hall–Kier alpha value is -2.53. The van der Waals surface area contributed by atoms with Gasteiger partial charge in [0.25, 0.3) is 5.91 Å². The van der Waals surface area contributed by atoms with Crippen LogP contribution >= 0.6 is 11.6 Å². The molecular weight excluding hydrogens is 352 g/mol. The maximum absolute atomic E-state index is 12.5. The molecule has 1 aliphatic heterocycles. The molecule has 2 aromatic carbocycles. The molecule has 0 radical (unpaired) electrons. The van der Waals surface area contributed by atoms with Crippen molar-refractivity contribution >= 4 is 29.1 Å². The molecule has 0 spiro atoms. The van der Waals surface area contributed by atoms with E-state index in [1.54, 1.807) is 53.2 Å². The summed E-state index contributed by atoms with van der Waals surface area (Å²) in [4.78, 5) is 27.7. The van der Waals surface area contributed by atoms with E-state index in [2.05, 4.69) is 0 Å². The molecule has 0 aromatic heterocycles. The predicted octanol–water partition coefficient (Wildman–Crippen LogP) is 3.62. The van der Waals surface area contributed by atoms with E-state index in [1.165, 1.54) is 0 Å². The van der Waals surface area contributed by atoms with Crippen molar-refractivity contribution in [3.05, 3.63) is 59.1 Å². The van der Waals surface area contributed by atoms with Crippen molar-refractivity contribution in [2.75, 3.05) is 31.6 Å². The molecule has 1 heterocycles. The van der Waals surface area contributed by atoms with Gasteiger partial charge in [0.1, 0.15) is 12.4 Å². The van der Waals surface area contributed by atoms with Crippen molar-refractivity contribution in [3.63, 3.8) is 0 Å². The van der Waals surface area contributed by atoms with Crippen molar-refractivity contribution in [2.24, 2.45) is 0 Å². The van der Waals surface area contributed by atoms with Crippen molar-refractivity contribution in [3.8, 4) is 5.75 Å². The van der Waals surface area contributed by atoms with Crippen molar-refractivity contribution in [1.82, 2.24) is 4.90 Å². The van der Waals surface area contributed by atoms with Crippen molar-refractivity contribution in [1.29, 1.82) is 0 Å². The summed E-state index contributed by atoms with van der Waals surface area (Å²) in [5.74, 6) is 0.777. The summed E-state index contributed by atoms with van der Waals surface area (Å²) >= 11 is 5.84. The number of amides is 2. The normalized spacial score (nSPS) is 13.8. The molecule has 3 rings (SSSR count). The molecule has 0 aliphatic carbocycles. The van der Waals surface area contributed by atoms with Gasteiger partial charge in [0.05, 0.1) is 6.54 Å². The monoisotopic (exact) mass is 372 g/mol. The summed E-state index contributed by atoms with van der Waals surface area (Å²) in [6.45, 7) is 1.60. The van der Waals surface area contributed by atoms with E-state index in [0.29, 0.717) is 30.2 Å². The number of hydrogen-bond donors (Lipinski definition) is 0. The largest absolute Gasteiger partial charge is 0.492 e. The Bertz CT molecular complexity index is 775. The molecule has 1 fully saturated rings. The number of hydrogen-bond acceptors (Lipinski definition) is 3. The van der Waals surface area contributed by atoms with Gasteiger partial charge >= 0.3 is 0 Å². The fraction of sp³-hybridized carbons (Fsp3) is 0.300. The Morgan fingerprint density at radius 2 is 1.85 bits per heavy atom. The number of nitrogens with zero attached hydrogens (tertiary/aromatic N) is 2. The van der Waals surface area contributed by atoms with Gasteiger partial charge in [0.15, 0.2) is 0 Å². The average molecular weight is 373 g/mol. The first-order valence-electron chi connectivity index (χ1n) is 8.59. The second-order valence-electron chi connectivity index (χ2n) is 6.22. The van der Waals surface area contributed by atoms with Crippen LogP contribution in [0.2, 0.25) is 5.02 Å². The molecule has 0 bridgehead atoms. The third-order valence-electron chi connectivity index (χ3n) is 4.36. The molecule has 136 valence electrons. The highest BCUT2D eigenvalue weighted by atomic mass is 35.5. The number of ether oxygens (including phenoxy) is 1. The van der Waals surface area contributed by atoms with Crippen LogP contribution in [0.15, 0.2) is 48.5 Å². The highest BCUT2D eigenvalue weighted by Crippen LogP contribution is 2.22. The summed E-state index contributed by atoms with van der Waals surface area (Å²) in [5.41, 5.74) is 1.44. The van der Waals surface area contributed by atoms with Crippen LogP contribution in [-0.2, 0) is 4.79 Å². The lowest BCUT2D eigenvalue weighted by atomic mass is 10.1. The Kier molecular flexibility index (Phi) is 5.78. The van der Waals surface area contributed by atoms with Gasteiger partial charge in [-0.25, -0.2) is 0 Å². The molecule has 0 saturated carbocycles. The average Bonchev–Trinajstić information content (AvgIpc) is 3.09. The fourth-order valence-corrected chi connectivity index (χ4v) is 2.98. The maximum Gasteiger partial charge on any atom is 0.253 e. The van der Waals surface area contributed by atoms with Gasteiger partial charge in [0.2, 0.25) is 5.91 Å². The lowest BCUT2D eigenvalue weighted by molar-refractivity contribution is -0.117. The van der Waals surface area contributed by atoms with Crippen LogP contribution in [0.25, 0.3) is 0 Å². The van der Waals surface area contributed by atoms with E-state index in [-0.39, 0.29) is 11.8 Å². The summed E-state index contributed by atoms with van der Waals surface area (Å²) in [6.07, 6.45) is 1.48. The second kappa shape index (κ2) is 8.23. The third-order valence-corrected chi connectivity index (χ3v) is 4.61. The fourth-order valence-electron chi connectivity index (χ4n) is 2.86. The Balaban J connectivity index is 1.52. The molecule has 6 heteroatoms. The quantitative estimate of drug-likeness (QED) is 0.778. The van der Waals surface area contributed by atoms with E-state index in [4.69, 9.17) is 16.3 Å². The van der Waals surface area contributed by atoms with Gasteiger partial charge < -0.3 is 14.5 Å². The number of carbonyl (C=O) groups excluding carboxylic acids is 2. The van der Waals surface area contributed by atoms with Crippen LogP contribution in [0.5, 0.6) is 5.75 Å². The van der Waals surface area contributed by atoms with E-state index >= 15 is 0 Å². The first-order chi connectivity index (χ1) is 12.5. The Morgan fingerprint density at radius 1 is 1.15 bits per heavy atom. The van der Waals surface area contributed by atoms with Gasteiger partial charge in [-0.2, -0.15) is 0 Å². The number of halogens is 1. The number of likely N-dealkylation sites (N-methyl/N-ethyl adjacent to an activating group) is 1. The summed E-state index contributed by atoms with van der Waals surface area (Å²) in [6, 6.07) is 14.3. The zero-order valence-corrected chi connectivity index (χ0v) is 15.4. The molecule has 0 unspecified atom stereocenters. The van der Waals surface area contributed by atoms with Crippen LogP contribution in [0.3, 0.4) is 0 Å². The molecule has 2 amide bonds. The lowest BCUT2D eigenvalue weighted by Gasteiger charge is -2.19. The van der Waals surface area contributed by atoms with Crippen LogP contribution in [0.4, 0.5) is 5.69 Å². The maximum atomic E-state index is 12.5. The molecule has 0 atom stereocenters. The standard InChI is InChI=1S/C20H21ClN2O3/c1-22(13-14-26-18-10-6-16(21)7-11-18)20(25)15-4-8-17(9-5-15)23-12-2-3-19(23)24/h4-11H,2-3,12-14H2,1H3. The van der Waals surface area contributed by atoms with E-state index in [1.807, 2.05) is 12.1 Å².